The molecule has 0 radical (unpaired) electrons. The van der Waals surface area contributed by atoms with Crippen LogP contribution in [0.1, 0.15) is 24.8 Å². The number of rotatable bonds is 5. The second-order valence-electron chi connectivity index (χ2n) is 5.79. The Balaban J connectivity index is 1.78. The molecule has 124 valence electrons. The summed E-state index contributed by atoms with van der Waals surface area (Å²) in [6, 6.07) is 7.75. The molecular formula is C16H22F3NO2. The monoisotopic (exact) mass is 317 g/mol. The number of ether oxygens (including phenoxy) is 1. The highest BCUT2D eigenvalue weighted by molar-refractivity contribution is 5.33. The quantitative estimate of drug-likeness (QED) is 0.906. The van der Waals surface area contributed by atoms with Crippen molar-refractivity contribution in [3.05, 3.63) is 29.8 Å². The maximum Gasteiger partial charge on any atom is 0.417 e. The van der Waals surface area contributed by atoms with E-state index in [1.54, 1.807) is 7.11 Å². The molecule has 0 unspecified atom stereocenters. The molecule has 0 spiro atoms. The molecule has 1 fully saturated rings. The number of likely N-dealkylation sites (tertiary alicyclic amines) is 1. The van der Waals surface area contributed by atoms with Gasteiger partial charge < -0.3 is 14.7 Å². The number of hydrogen-bond acceptors (Lipinski definition) is 3. The van der Waals surface area contributed by atoms with E-state index in [0.29, 0.717) is 0 Å². The smallest absolute Gasteiger partial charge is 0.417 e. The average Bonchev–Trinajstić information content (AvgIpc) is 2.49. The minimum Gasteiger partial charge on any atom is -0.496 e. The van der Waals surface area contributed by atoms with E-state index in [2.05, 4.69) is 0 Å². The van der Waals surface area contributed by atoms with Crippen molar-refractivity contribution in [1.29, 1.82) is 0 Å². The van der Waals surface area contributed by atoms with Gasteiger partial charge in [-0.3, -0.25) is 0 Å². The lowest BCUT2D eigenvalue weighted by molar-refractivity contribution is -0.272. The van der Waals surface area contributed by atoms with Crippen LogP contribution in [0.4, 0.5) is 13.2 Å². The molecular weight excluding hydrogens is 295 g/mol. The maximum atomic E-state index is 12.7. The van der Waals surface area contributed by atoms with Gasteiger partial charge in [0, 0.05) is 13.1 Å². The molecule has 2 rings (SSSR count). The summed E-state index contributed by atoms with van der Waals surface area (Å²) < 4.78 is 43.5. The summed E-state index contributed by atoms with van der Waals surface area (Å²) >= 11 is 0. The van der Waals surface area contributed by atoms with Crippen LogP contribution < -0.4 is 4.74 Å². The molecule has 0 atom stereocenters. The van der Waals surface area contributed by atoms with Crippen LogP contribution >= 0.6 is 0 Å². The molecule has 1 aliphatic heterocycles. The average molecular weight is 317 g/mol. The Labute approximate surface area is 128 Å². The third-order valence-corrected chi connectivity index (χ3v) is 4.32. The van der Waals surface area contributed by atoms with E-state index in [4.69, 9.17) is 4.74 Å². The summed E-state index contributed by atoms with van der Waals surface area (Å²) in [5.74, 6) is 0.840. The minimum absolute atomic E-state index is 0.245. The zero-order valence-electron chi connectivity index (χ0n) is 12.7. The van der Waals surface area contributed by atoms with E-state index in [1.807, 2.05) is 29.2 Å². The Bertz CT molecular complexity index is 483. The van der Waals surface area contributed by atoms with Crippen LogP contribution in [0.15, 0.2) is 24.3 Å². The lowest BCUT2D eigenvalue weighted by Gasteiger charge is -2.39. The number of hydrogen-bond donors (Lipinski definition) is 1. The maximum absolute atomic E-state index is 12.7. The zero-order valence-corrected chi connectivity index (χ0v) is 12.7. The zero-order chi connectivity index (χ0) is 16.2. The molecule has 0 aliphatic carbocycles. The van der Waals surface area contributed by atoms with E-state index in [9.17, 15) is 18.3 Å². The fourth-order valence-corrected chi connectivity index (χ4v) is 2.83. The van der Waals surface area contributed by atoms with Crippen molar-refractivity contribution in [2.75, 3.05) is 26.7 Å². The van der Waals surface area contributed by atoms with E-state index >= 15 is 0 Å². The number of methoxy groups -OCH3 is 1. The van der Waals surface area contributed by atoms with Gasteiger partial charge in [0.2, 0.25) is 0 Å². The van der Waals surface area contributed by atoms with Gasteiger partial charge in [-0.15, -0.1) is 0 Å². The Hall–Kier alpha value is -1.27. The predicted octanol–water partition coefficient (Wildman–Crippen LogP) is 3.02. The first kappa shape index (κ1) is 17.1. The summed E-state index contributed by atoms with van der Waals surface area (Å²) in [4.78, 5) is 1.98. The van der Waals surface area contributed by atoms with Crippen molar-refractivity contribution in [3.63, 3.8) is 0 Å². The van der Waals surface area contributed by atoms with Gasteiger partial charge in [0.1, 0.15) is 5.75 Å². The van der Waals surface area contributed by atoms with Gasteiger partial charge in [0.25, 0.3) is 0 Å². The first-order chi connectivity index (χ1) is 10.4. The Kier molecular flexibility index (Phi) is 5.34. The SMILES string of the molecule is COc1ccccc1CCCN1CCC(O)(C(F)(F)F)CC1. The molecule has 0 saturated carbocycles. The van der Waals surface area contributed by atoms with Crippen LogP contribution in [0.3, 0.4) is 0 Å². The van der Waals surface area contributed by atoms with Gasteiger partial charge in [-0.1, -0.05) is 18.2 Å². The summed E-state index contributed by atoms with van der Waals surface area (Å²) in [5.41, 5.74) is -1.40. The van der Waals surface area contributed by atoms with Gasteiger partial charge in [0.05, 0.1) is 7.11 Å². The number of nitrogens with zero attached hydrogens (tertiary/aromatic N) is 1. The molecule has 22 heavy (non-hydrogen) atoms. The van der Waals surface area contributed by atoms with Gasteiger partial charge in [0.15, 0.2) is 5.60 Å². The van der Waals surface area contributed by atoms with Crippen LogP contribution in [0.2, 0.25) is 0 Å². The molecule has 3 nitrogen and oxygen atoms in total. The van der Waals surface area contributed by atoms with E-state index in [1.165, 1.54) is 0 Å². The fourth-order valence-electron chi connectivity index (χ4n) is 2.83. The first-order valence-corrected chi connectivity index (χ1v) is 7.49. The number of aryl methyl sites for hydroxylation is 1. The number of alkyl halides is 3. The summed E-state index contributed by atoms with van der Waals surface area (Å²) in [5, 5.41) is 9.63. The summed E-state index contributed by atoms with van der Waals surface area (Å²) in [6.45, 7) is 1.29. The highest BCUT2D eigenvalue weighted by Gasteiger charge is 2.54. The molecule has 1 aromatic rings. The lowest BCUT2D eigenvalue weighted by atomic mass is 9.90. The minimum atomic E-state index is -4.53. The van der Waals surface area contributed by atoms with Crippen LogP contribution in [0.25, 0.3) is 0 Å². The van der Waals surface area contributed by atoms with Crippen molar-refractivity contribution < 1.29 is 23.0 Å². The predicted molar refractivity (Wildman–Crippen MR) is 78.0 cm³/mol. The van der Waals surface area contributed by atoms with Crippen molar-refractivity contribution in [2.24, 2.45) is 0 Å². The van der Waals surface area contributed by atoms with Crippen molar-refractivity contribution in [2.45, 2.75) is 37.5 Å². The van der Waals surface area contributed by atoms with E-state index < -0.39 is 11.8 Å². The molecule has 1 aromatic carbocycles. The third kappa shape index (κ3) is 3.93. The fraction of sp³-hybridized carbons (Fsp3) is 0.625. The highest BCUT2D eigenvalue weighted by atomic mass is 19.4. The van der Waals surface area contributed by atoms with Gasteiger partial charge in [-0.2, -0.15) is 13.2 Å². The largest absolute Gasteiger partial charge is 0.496 e. The summed E-state index contributed by atoms with van der Waals surface area (Å²) in [7, 11) is 1.63. The van der Waals surface area contributed by atoms with Gasteiger partial charge in [-0.25, -0.2) is 0 Å². The highest BCUT2D eigenvalue weighted by Crippen LogP contribution is 2.38. The number of piperidine rings is 1. The molecule has 1 aliphatic rings. The molecule has 1 heterocycles. The molecule has 1 N–H and O–H groups in total. The molecule has 6 heteroatoms. The van der Waals surface area contributed by atoms with Crippen LogP contribution in [0, 0.1) is 0 Å². The number of benzene rings is 1. The Morgan fingerprint density at radius 1 is 1.23 bits per heavy atom. The van der Waals surface area contributed by atoms with Crippen LogP contribution in [-0.4, -0.2) is 48.5 Å². The third-order valence-electron chi connectivity index (χ3n) is 4.32. The topological polar surface area (TPSA) is 32.7 Å². The standard InChI is InChI=1S/C16H22F3NO2/c1-22-14-7-3-2-5-13(14)6-4-10-20-11-8-15(21,9-12-20)16(17,18)19/h2-3,5,7,21H,4,6,8-12H2,1H3. The van der Waals surface area contributed by atoms with Crippen molar-refractivity contribution >= 4 is 0 Å². The van der Waals surface area contributed by atoms with Crippen molar-refractivity contribution in [3.8, 4) is 5.75 Å². The molecule has 1 saturated heterocycles. The Morgan fingerprint density at radius 2 is 1.86 bits per heavy atom. The normalized spacial score (nSPS) is 19.1. The van der Waals surface area contributed by atoms with Crippen molar-refractivity contribution in [1.82, 2.24) is 4.90 Å². The first-order valence-electron chi connectivity index (χ1n) is 7.49. The molecule has 0 aromatic heterocycles. The lowest BCUT2D eigenvalue weighted by Crippen LogP contribution is -2.53. The Morgan fingerprint density at radius 3 is 2.45 bits per heavy atom. The van der Waals surface area contributed by atoms with Crippen LogP contribution in [0.5, 0.6) is 5.75 Å². The molecule has 0 amide bonds. The van der Waals surface area contributed by atoms with Gasteiger partial charge in [-0.05, 0) is 43.9 Å². The van der Waals surface area contributed by atoms with E-state index in [0.717, 1.165) is 30.7 Å². The second kappa shape index (κ2) is 6.87. The molecule has 0 bridgehead atoms. The number of para-hydroxylation sites is 1. The number of aliphatic hydroxyl groups is 1. The van der Waals surface area contributed by atoms with Gasteiger partial charge >= 0.3 is 6.18 Å². The number of halogens is 3. The van der Waals surface area contributed by atoms with E-state index in [-0.39, 0.29) is 25.9 Å². The van der Waals surface area contributed by atoms with Crippen LogP contribution in [-0.2, 0) is 6.42 Å². The second-order valence-corrected chi connectivity index (χ2v) is 5.79. The summed E-state index contributed by atoms with van der Waals surface area (Å²) in [6.07, 6.45) is -3.35.